The molecule has 1 fully saturated rings. The van der Waals surface area contributed by atoms with E-state index in [2.05, 4.69) is 37.4 Å². The highest BCUT2D eigenvalue weighted by atomic mass is 32.2. The molecule has 0 aliphatic carbocycles. The van der Waals surface area contributed by atoms with Crippen LogP contribution in [0.15, 0.2) is 53.5 Å². The van der Waals surface area contributed by atoms with Crippen molar-refractivity contribution >= 4 is 41.3 Å². The van der Waals surface area contributed by atoms with Crippen LogP contribution in [0.25, 0.3) is 0 Å². The molecular weight excluding hydrogens is 426 g/mol. The normalized spacial score (nSPS) is 15.6. The van der Waals surface area contributed by atoms with Gasteiger partial charge in [0, 0.05) is 31.9 Å². The van der Waals surface area contributed by atoms with Crippen LogP contribution < -0.4 is 15.6 Å². The molecule has 10 heteroatoms. The Hall–Kier alpha value is -3.01. The molecule has 1 aromatic heterocycles. The van der Waals surface area contributed by atoms with Crippen molar-refractivity contribution in [3.8, 4) is 0 Å². The monoisotopic (exact) mass is 459 g/mol. The van der Waals surface area contributed by atoms with Crippen LogP contribution in [0.2, 0.25) is 0 Å². The van der Waals surface area contributed by atoms with Crippen molar-refractivity contribution in [2.75, 3.05) is 48.6 Å². The first-order chi connectivity index (χ1) is 15.6. The highest BCUT2D eigenvalue weighted by Crippen LogP contribution is 2.28. The van der Waals surface area contributed by atoms with Crippen molar-refractivity contribution in [3.63, 3.8) is 0 Å². The maximum Gasteiger partial charge on any atom is 0.330 e. The molecule has 1 atom stereocenters. The minimum atomic E-state index is -0.308. The molecule has 0 radical (unpaired) electrons. The topological polar surface area (TPSA) is 94.4 Å². The third-order valence-electron chi connectivity index (χ3n) is 4.38. The molecule has 0 spiro atoms. The van der Waals surface area contributed by atoms with Gasteiger partial charge in [-0.25, -0.2) is 5.01 Å². The molecule has 174 valence electrons. The Morgan fingerprint density at radius 2 is 2.38 bits per heavy atom. The van der Waals surface area contributed by atoms with E-state index in [0.717, 1.165) is 30.3 Å². The Morgan fingerprint density at radius 3 is 3.06 bits per heavy atom. The maximum absolute atomic E-state index is 12.6. The van der Waals surface area contributed by atoms with Gasteiger partial charge in [-0.15, -0.1) is 23.4 Å². The molecule has 2 N–H and O–H groups in total. The summed E-state index contributed by atoms with van der Waals surface area (Å²) in [6.45, 7) is 8.84. The number of carbonyl (C=O) groups excluding carboxylic acids is 1. The van der Waals surface area contributed by atoms with Gasteiger partial charge in [0.25, 0.3) is 5.91 Å². The molecule has 1 aromatic rings. The van der Waals surface area contributed by atoms with E-state index in [1.807, 2.05) is 43.8 Å². The second-order valence-electron chi connectivity index (χ2n) is 7.02. The summed E-state index contributed by atoms with van der Waals surface area (Å²) in [6, 6.07) is 2.09. The molecule has 0 saturated carbocycles. The number of nitrogens with one attached hydrogen (secondary N) is 2. The quantitative estimate of drug-likeness (QED) is 0.240. The van der Waals surface area contributed by atoms with Crippen molar-refractivity contribution < 1.29 is 9.53 Å². The Bertz CT molecular complexity index is 822. The summed E-state index contributed by atoms with van der Waals surface area (Å²) in [5.41, 5.74) is 4.32. The van der Waals surface area contributed by atoms with Crippen molar-refractivity contribution in [2.24, 2.45) is 16.1 Å². The van der Waals surface area contributed by atoms with Gasteiger partial charge in [-0.3, -0.25) is 9.78 Å². The number of hydrogen-bond donors (Lipinski definition) is 2. The Morgan fingerprint density at radius 1 is 1.53 bits per heavy atom. The van der Waals surface area contributed by atoms with Gasteiger partial charge in [0.05, 0.1) is 30.0 Å². The van der Waals surface area contributed by atoms with Crippen LogP contribution in [0.3, 0.4) is 0 Å². The van der Waals surface area contributed by atoms with E-state index in [4.69, 9.17) is 4.74 Å². The fraction of sp³-hybridized carbons (Fsp3) is 0.455. The van der Waals surface area contributed by atoms with Gasteiger partial charge < -0.3 is 20.4 Å². The fourth-order valence-corrected chi connectivity index (χ4v) is 3.91. The van der Waals surface area contributed by atoms with Gasteiger partial charge in [-0.1, -0.05) is 25.2 Å². The van der Waals surface area contributed by atoms with E-state index < -0.39 is 0 Å². The number of nitrogens with zero attached hydrogens (tertiary/aromatic N) is 5. The van der Waals surface area contributed by atoms with E-state index in [-0.39, 0.29) is 24.5 Å². The largest absolute Gasteiger partial charge is 0.453 e. The number of rotatable bonds is 10. The van der Waals surface area contributed by atoms with E-state index in [1.54, 1.807) is 31.7 Å². The zero-order valence-corrected chi connectivity index (χ0v) is 19.8. The first-order valence-corrected chi connectivity index (χ1v) is 11.7. The number of aromatic nitrogens is 1. The number of hydrogen-bond acceptors (Lipinski definition) is 8. The van der Waals surface area contributed by atoms with E-state index >= 15 is 0 Å². The number of anilines is 2. The van der Waals surface area contributed by atoms with Gasteiger partial charge in [0.15, 0.2) is 6.61 Å². The van der Waals surface area contributed by atoms with Gasteiger partial charge >= 0.3 is 6.02 Å². The summed E-state index contributed by atoms with van der Waals surface area (Å²) in [4.78, 5) is 19.0. The number of thioether (sulfide) groups is 1. The molecule has 0 bridgehead atoms. The second-order valence-corrected chi connectivity index (χ2v) is 8.10. The summed E-state index contributed by atoms with van der Waals surface area (Å²) in [6.07, 6.45) is 11.9. The molecule has 1 amide bonds. The smallest absolute Gasteiger partial charge is 0.330 e. The lowest BCUT2D eigenvalue weighted by Gasteiger charge is -2.29. The van der Waals surface area contributed by atoms with Crippen molar-refractivity contribution in [1.29, 1.82) is 0 Å². The van der Waals surface area contributed by atoms with Crippen LogP contribution in [0.1, 0.15) is 20.3 Å². The summed E-state index contributed by atoms with van der Waals surface area (Å²) >= 11 is 1.88. The molecule has 0 aromatic carbocycles. The summed E-state index contributed by atoms with van der Waals surface area (Å²) in [5.74, 6) is 1.88. The highest BCUT2D eigenvalue weighted by Gasteiger charge is 2.18. The van der Waals surface area contributed by atoms with Crippen LogP contribution >= 0.6 is 11.8 Å². The number of amidine groups is 1. The first-order valence-electron chi connectivity index (χ1n) is 10.6. The number of hydrazone groups is 2. The maximum atomic E-state index is 12.6. The van der Waals surface area contributed by atoms with Gasteiger partial charge in [0.2, 0.25) is 0 Å². The molecule has 1 saturated heterocycles. The lowest BCUT2D eigenvalue weighted by atomic mass is 10.2. The van der Waals surface area contributed by atoms with E-state index in [1.165, 1.54) is 5.01 Å². The summed E-state index contributed by atoms with van der Waals surface area (Å²) in [7, 11) is 1.65. The standard InChI is InChI=1S/C22H33N7O2S/c1-5-8-18(3)14-25-29(11-6-2)22(27-23-4)31-16-21(30)26-19-15-24-10-9-20(19)28-12-7-13-32-17-28/h5-6,8-10,14-15,18,23H,2,7,11-13,16-17H2,1,3-4H3,(H,26,30)/b8-5-,25-14-,27-22-. The third-order valence-corrected chi connectivity index (χ3v) is 5.45. The number of allylic oxidation sites excluding steroid dienone is 2. The molecular formula is C22H33N7O2S. The minimum absolute atomic E-state index is 0.142. The zero-order chi connectivity index (χ0) is 23.2. The SMILES string of the molecule is C=CCN(/N=C\C(C)/C=C\C)/C(=N/NC)OCC(=O)Nc1cnccc1N1CCCSC1. The average Bonchev–Trinajstić information content (AvgIpc) is 2.80. The van der Waals surface area contributed by atoms with Gasteiger partial charge in [0.1, 0.15) is 0 Å². The molecule has 1 unspecified atom stereocenters. The molecule has 1 aliphatic rings. The fourth-order valence-electron chi connectivity index (χ4n) is 2.96. The lowest BCUT2D eigenvalue weighted by Crippen LogP contribution is -2.33. The van der Waals surface area contributed by atoms with Crippen LogP contribution in [0, 0.1) is 5.92 Å². The van der Waals surface area contributed by atoms with Crippen LogP contribution in [-0.4, -0.2) is 66.5 Å². The Balaban J connectivity index is 2.03. The van der Waals surface area contributed by atoms with Crippen LogP contribution in [0.4, 0.5) is 11.4 Å². The number of ether oxygens (including phenoxy) is 1. The number of carbonyl (C=O) groups is 1. The van der Waals surface area contributed by atoms with Crippen molar-refractivity contribution in [1.82, 2.24) is 15.4 Å². The minimum Gasteiger partial charge on any atom is -0.453 e. The number of amides is 1. The Labute approximate surface area is 194 Å². The van der Waals surface area contributed by atoms with E-state index in [9.17, 15) is 4.79 Å². The summed E-state index contributed by atoms with van der Waals surface area (Å²) in [5, 5.41) is 13.0. The molecule has 32 heavy (non-hydrogen) atoms. The molecule has 2 heterocycles. The number of pyridine rings is 1. The second kappa shape index (κ2) is 14.1. The molecule has 1 aliphatic heterocycles. The van der Waals surface area contributed by atoms with Gasteiger partial charge in [-0.05, 0) is 25.2 Å². The van der Waals surface area contributed by atoms with Crippen LogP contribution in [0.5, 0.6) is 0 Å². The van der Waals surface area contributed by atoms with Crippen molar-refractivity contribution in [3.05, 3.63) is 43.3 Å². The molecule has 2 rings (SSSR count). The van der Waals surface area contributed by atoms with E-state index in [0.29, 0.717) is 12.2 Å². The Kier molecular flexibility index (Phi) is 11.1. The predicted molar refractivity (Wildman–Crippen MR) is 134 cm³/mol. The third kappa shape index (κ3) is 8.26. The van der Waals surface area contributed by atoms with Crippen molar-refractivity contribution in [2.45, 2.75) is 20.3 Å². The highest BCUT2D eigenvalue weighted by molar-refractivity contribution is 7.99. The van der Waals surface area contributed by atoms with Gasteiger partial charge in [-0.2, -0.15) is 5.10 Å². The predicted octanol–water partition coefficient (Wildman–Crippen LogP) is 3.11. The first kappa shape index (κ1) is 25.3. The zero-order valence-electron chi connectivity index (χ0n) is 19.0. The van der Waals surface area contributed by atoms with Crippen LogP contribution in [-0.2, 0) is 9.53 Å². The average molecular weight is 460 g/mol. The summed E-state index contributed by atoms with van der Waals surface area (Å²) < 4.78 is 5.69. The lowest BCUT2D eigenvalue weighted by molar-refractivity contribution is -0.118. The molecule has 9 nitrogen and oxygen atoms in total.